The summed E-state index contributed by atoms with van der Waals surface area (Å²) in [6.07, 6.45) is 4.72. The molecule has 1 N–H and O–H groups in total. The van der Waals surface area contributed by atoms with Gasteiger partial charge in [0.05, 0.1) is 5.56 Å². The fourth-order valence-corrected chi connectivity index (χ4v) is 2.03. The Hall–Kier alpha value is -1.45. The van der Waals surface area contributed by atoms with Gasteiger partial charge in [-0.2, -0.15) is 0 Å². The van der Waals surface area contributed by atoms with Crippen molar-refractivity contribution >= 4 is 5.91 Å². The summed E-state index contributed by atoms with van der Waals surface area (Å²) >= 11 is 0. The number of amides is 1. The summed E-state index contributed by atoms with van der Waals surface area (Å²) in [5.41, 5.74) is -0.224. The monoisotopic (exact) mass is 269 g/mol. The van der Waals surface area contributed by atoms with Crippen LogP contribution in [0.15, 0.2) is 18.2 Å². The molecule has 0 aromatic heterocycles. The van der Waals surface area contributed by atoms with E-state index in [4.69, 9.17) is 0 Å². The third-order valence-corrected chi connectivity index (χ3v) is 3.07. The van der Waals surface area contributed by atoms with E-state index in [0.29, 0.717) is 0 Å². The van der Waals surface area contributed by atoms with Crippen molar-refractivity contribution in [2.45, 2.75) is 52.0 Å². The Labute approximate surface area is 113 Å². The van der Waals surface area contributed by atoms with Gasteiger partial charge >= 0.3 is 0 Å². The number of hydrogen-bond acceptors (Lipinski definition) is 1. The highest BCUT2D eigenvalue weighted by atomic mass is 19.2. The van der Waals surface area contributed by atoms with Crippen LogP contribution in [-0.4, -0.2) is 11.9 Å². The van der Waals surface area contributed by atoms with Gasteiger partial charge in [-0.15, -0.1) is 0 Å². The second-order valence-electron chi connectivity index (χ2n) is 4.70. The first-order valence-corrected chi connectivity index (χ1v) is 6.85. The van der Waals surface area contributed by atoms with Crippen molar-refractivity contribution in [1.29, 1.82) is 0 Å². The second-order valence-corrected chi connectivity index (χ2v) is 4.70. The molecule has 19 heavy (non-hydrogen) atoms. The first-order valence-electron chi connectivity index (χ1n) is 6.85. The van der Waals surface area contributed by atoms with Crippen LogP contribution in [0.1, 0.15) is 56.3 Å². The van der Waals surface area contributed by atoms with E-state index in [1.54, 1.807) is 0 Å². The number of carbonyl (C=O) groups is 1. The van der Waals surface area contributed by atoms with Gasteiger partial charge in [0.1, 0.15) is 0 Å². The van der Waals surface area contributed by atoms with Crippen LogP contribution < -0.4 is 5.32 Å². The number of rotatable bonds is 7. The molecule has 0 aliphatic rings. The standard InChI is InChI=1S/C15H21F2NO/c1-3-5-8-11(7-4-2)18-15(19)12-9-6-10-13(16)14(12)17/h6,9-11H,3-5,7-8H2,1-2H3,(H,18,19). The lowest BCUT2D eigenvalue weighted by Gasteiger charge is -2.18. The molecule has 1 unspecified atom stereocenters. The van der Waals surface area contributed by atoms with E-state index < -0.39 is 17.5 Å². The maximum atomic E-state index is 13.5. The Kier molecular flexibility index (Phi) is 6.46. The van der Waals surface area contributed by atoms with Gasteiger partial charge in [-0.3, -0.25) is 4.79 Å². The first kappa shape index (κ1) is 15.6. The Morgan fingerprint density at radius 2 is 1.95 bits per heavy atom. The molecule has 1 aromatic rings. The minimum atomic E-state index is -1.08. The third-order valence-electron chi connectivity index (χ3n) is 3.07. The smallest absolute Gasteiger partial charge is 0.254 e. The molecule has 0 aliphatic carbocycles. The molecule has 0 heterocycles. The molecule has 0 bridgehead atoms. The lowest BCUT2D eigenvalue weighted by atomic mass is 10.0. The van der Waals surface area contributed by atoms with E-state index in [1.165, 1.54) is 12.1 Å². The number of benzene rings is 1. The topological polar surface area (TPSA) is 29.1 Å². The molecule has 2 nitrogen and oxygen atoms in total. The largest absolute Gasteiger partial charge is 0.349 e. The van der Waals surface area contributed by atoms with E-state index >= 15 is 0 Å². The number of carbonyl (C=O) groups excluding carboxylic acids is 1. The lowest BCUT2D eigenvalue weighted by molar-refractivity contribution is 0.0927. The Morgan fingerprint density at radius 1 is 1.21 bits per heavy atom. The summed E-state index contributed by atoms with van der Waals surface area (Å²) in [7, 11) is 0. The van der Waals surface area contributed by atoms with Crippen molar-refractivity contribution in [3.63, 3.8) is 0 Å². The fourth-order valence-electron chi connectivity index (χ4n) is 2.03. The highest BCUT2D eigenvalue weighted by Gasteiger charge is 2.18. The van der Waals surface area contributed by atoms with Crippen LogP contribution in [0.2, 0.25) is 0 Å². The third kappa shape index (κ3) is 4.62. The highest BCUT2D eigenvalue weighted by molar-refractivity contribution is 5.94. The average Bonchev–Trinajstić information content (AvgIpc) is 2.39. The second kappa shape index (κ2) is 7.87. The SMILES string of the molecule is CCCCC(CCC)NC(=O)c1cccc(F)c1F. The molecule has 0 aliphatic heterocycles. The molecule has 1 rings (SSSR count). The summed E-state index contributed by atoms with van der Waals surface area (Å²) in [5, 5.41) is 2.79. The van der Waals surface area contributed by atoms with Crippen LogP contribution in [0.4, 0.5) is 8.78 Å². The van der Waals surface area contributed by atoms with E-state index in [9.17, 15) is 13.6 Å². The molecule has 0 radical (unpaired) electrons. The Bertz CT molecular complexity index is 421. The fraction of sp³-hybridized carbons (Fsp3) is 0.533. The van der Waals surface area contributed by atoms with Crippen molar-refractivity contribution in [1.82, 2.24) is 5.32 Å². The summed E-state index contributed by atoms with van der Waals surface area (Å²) in [5.74, 6) is -2.61. The van der Waals surface area contributed by atoms with Gasteiger partial charge < -0.3 is 5.32 Å². The predicted molar refractivity (Wildman–Crippen MR) is 72.0 cm³/mol. The van der Waals surface area contributed by atoms with Crippen LogP contribution in [0, 0.1) is 11.6 Å². The zero-order chi connectivity index (χ0) is 14.3. The van der Waals surface area contributed by atoms with Crippen molar-refractivity contribution in [3.05, 3.63) is 35.4 Å². The minimum Gasteiger partial charge on any atom is -0.349 e. The van der Waals surface area contributed by atoms with Gasteiger partial charge in [0.25, 0.3) is 5.91 Å². The van der Waals surface area contributed by atoms with Crippen molar-refractivity contribution in [2.75, 3.05) is 0 Å². The molecule has 0 fully saturated rings. The van der Waals surface area contributed by atoms with Crippen molar-refractivity contribution in [2.24, 2.45) is 0 Å². The van der Waals surface area contributed by atoms with Crippen molar-refractivity contribution < 1.29 is 13.6 Å². The predicted octanol–water partition coefficient (Wildman–Crippen LogP) is 4.05. The maximum Gasteiger partial charge on any atom is 0.254 e. The number of halogens is 2. The highest BCUT2D eigenvalue weighted by Crippen LogP contribution is 2.13. The Morgan fingerprint density at radius 3 is 2.58 bits per heavy atom. The van der Waals surface area contributed by atoms with Gasteiger partial charge in [0.15, 0.2) is 11.6 Å². The van der Waals surface area contributed by atoms with Crippen LogP contribution in [0.5, 0.6) is 0 Å². The van der Waals surface area contributed by atoms with Gasteiger partial charge in [0.2, 0.25) is 0 Å². The molecule has 1 aromatic carbocycles. The first-order chi connectivity index (χ1) is 9.10. The Balaban J connectivity index is 2.72. The van der Waals surface area contributed by atoms with Crippen LogP contribution in [0.3, 0.4) is 0 Å². The van der Waals surface area contributed by atoms with E-state index in [-0.39, 0.29) is 11.6 Å². The molecule has 4 heteroatoms. The zero-order valence-electron chi connectivity index (χ0n) is 11.5. The normalized spacial score (nSPS) is 12.2. The molecular formula is C15H21F2NO. The molecule has 0 saturated heterocycles. The summed E-state index contributed by atoms with van der Waals surface area (Å²) in [6.45, 7) is 4.12. The van der Waals surface area contributed by atoms with Gasteiger partial charge in [-0.1, -0.05) is 39.2 Å². The van der Waals surface area contributed by atoms with E-state index in [2.05, 4.69) is 12.2 Å². The summed E-state index contributed by atoms with van der Waals surface area (Å²) in [6, 6.07) is 3.68. The number of hydrogen-bond donors (Lipinski definition) is 1. The van der Waals surface area contributed by atoms with Crippen LogP contribution in [-0.2, 0) is 0 Å². The average molecular weight is 269 g/mol. The van der Waals surface area contributed by atoms with Crippen molar-refractivity contribution in [3.8, 4) is 0 Å². The van der Waals surface area contributed by atoms with Gasteiger partial charge in [-0.05, 0) is 25.0 Å². The van der Waals surface area contributed by atoms with Crippen LogP contribution >= 0.6 is 0 Å². The van der Waals surface area contributed by atoms with Crippen LogP contribution in [0.25, 0.3) is 0 Å². The molecule has 1 atom stereocenters. The lowest BCUT2D eigenvalue weighted by Crippen LogP contribution is -2.35. The van der Waals surface area contributed by atoms with Gasteiger partial charge in [0, 0.05) is 6.04 Å². The van der Waals surface area contributed by atoms with E-state index in [0.717, 1.165) is 38.2 Å². The number of unbranched alkanes of at least 4 members (excludes halogenated alkanes) is 1. The molecular weight excluding hydrogens is 248 g/mol. The molecule has 1 amide bonds. The maximum absolute atomic E-state index is 13.5. The molecule has 106 valence electrons. The molecule has 0 spiro atoms. The minimum absolute atomic E-state index is 0.0279. The molecule has 0 saturated carbocycles. The van der Waals surface area contributed by atoms with Gasteiger partial charge in [-0.25, -0.2) is 8.78 Å². The number of nitrogens with one attached hydrogen (secondary N) is 1. The zero-order valence-corrected chi connectivity index (χ0v) is 11.5. The van der Waals surface area contributed by atoms with E-state index in [1.807, 2.05) is 6.92 Å². The summed E-state index contributed by atoms with van der Waals surface area (Å²) < 4.78 is 26.6. The quantitative estimate of drug-likeness (QED) is 0.794. The summed E-state index contributed by atoms with van der Waals surface area (Å²) in [4.78, 5) is 11.9.